The van der Waals surface area contributed by atoms with Gasteiger partial charge in [-0.05, 0) is 49.9 Å². The maximum Gasteiger partial charge on any atom is 0.272 e. The third-order valence-corrected chi connectivity index (χ3v) is 13.8. The number of amides is 10. The second-order valence-electron chi connectivity index (χ2n) is 17.6. The van der Waals surface area contributed by atoms with Crippen molar-refractivity contribution in [3.63, 3.8) is 0 Å². The van der Waals surface area contributed by atoms with Crippen LogP contribution in [0.2, 0.25) is 0 Å². The smallest absolute Gasteiger partial charge is 0.272 e. The number of nitrogens with one attached hydrogen (secondary N) is 10. The molecule has 10 amide bonds. The summed E-state index contributed by atoms with van der Waals surface area (Å²) in [5, 5.41) is 25.9. The third-order valence-electron chi connectivity index (χ3n) is 11.4. The van der Waals surface area contributed by atoms with Gasteiger partial charge in [-0.15, -0.1) is 0 Å². The lowest BCUT2D eigenvalue weighted by atomic mass is 10.0. The molecule has 0 aliphatic carbocycles. The molecule has 382 valence electrons. The van der Waals surface area contributed by atoms with Gasteiger partial charge in [0.25, 0.3) is 11.8 Å². The molecule has 2 aromatic carbocycles. The van der Waals surface area contributed by atoms with Crippen molar-refractivity contribution in [1.29, 1.82) is 0 Å². The minimum absolute atomic E-state index is 0.158. The van der Waals surface area contributed by atoms with Gasteiger partial charge in [-0.1, -0.05) is 73.5 Å². The number of benzene rings is 2. The summed E-state index contributed by atoms with van der Waals surface area (Å²) >= 11 is 0. The first kappa shape index (κ1) is 53.9. The molecule has 26 heteroatoms. The van der Waals surface area contributed by atoms with Gasteiger partial charge in [0.05, 0.1) is 34.5 Å². The fourth-order valence-corrected chi connectivity index (χ4v) is 9.50. The van der Waals surface area contributed by atoms with Crippen LogP contribution in [0.15, 0.2) is 60.9 Å². The van der Waals surface area contributed by atoms with Gasteiger partial charge in [0.2, 0.25) is 47.3 Å². The van der Waals surface area contributed by atoms with Gasteiger partial charge in [0, 0.05) is 24.6 Å². The maximum atomic E-state index is 14.2. The highest BCUT2D eigenvalue weighted by Crippen LogP contribution is 2.24. The van der Waals surface area contributed by atoms with E-state index in [0.29, 0.717) is 22.1 Å². The van der Waals surface area contributed by atoms with E-state index in [1.807, 2.05) is 0 Å². The van der Waals surface area contributed by atoms with Crippen LogP contribution >= 0.6 is 21.6 Å². The van der Waals surface area contributed by atoms with Crippen LogP contribution in [0.3, 0.4) is 0 Å². The Morgan fingerprint density at radius 1 is 0.500 bits per heavy atom. The molecule has 72 heavy (non-hydrogen) atoms. The van der Waals surface area contributed by atoms with E-state index in [1.165, 1.54) is 26.2 Å². The highest BCUT2D eigenvalue weighted by atomic mass is 33.1. The summed E-state index contributed by atoms with van der Waals surface area (Å²) in [6, 6.07) is 2.50. The average Bonchev–Trinajstić information content (AvgIpc) is 3.35. The van der Waals surface area contributed by atoms with E-state index in [4.69, 9.17) is 0 Å². The molecule has 2 aliphatic rings. The number of fused-ring (bicyclic) bond motifs is 7. The molecule has 0 radical (unpaired) electrons. The summed E-state index contributed by atoms with van der Waals surface area (Å²) in [7, 11) is 2.06. The van der Waals surface area contributed by atoms with Crippen LogP contribution in [0.4, 0.5) is 0 Å². The first-order valence-corrected chi connectivity index (χ1v) is 25.5. The third kappa shape index (κ3) is 14.1. The van der Waals surface area contributed by atoms with Crippen LogP contribution in [-0.2, 0) is 38.4 Å². The molecule has 0 spiro atoms. The van der Waals surface area contributed by atoms with Crippen molar-refractivity contribution in [2.24, 2.45) is 11.8 Å². The van der Waals surface area contributed by atoms with E-state index < -0.39 is 132 Å². The molecule has 4 aromatic rings. The highest BCUT2D eigenvalue weighted by molar-refractivity contribution is 8.76. The van der Waals surface area contributed by atoms with Crippen LogP contribution < -0.4 is 53.2 Å². The molecular weight excluding hydrogens is 973 g/mol. The topological polar surface area (TPSA) is 343 Å². The molecule has 4 heterocycles. The number of carbonyl (C=O) groups is 10. The summed E-state index contributed by atoms with van der Waals surface area (Å²) in [6.45, 7) is 8.15. The summed E-state index contributed by atoms with van der Waals surface area (Å²) in [5.74, 6) is -9.88. The van der Waals surface area contributed by atoms with Crippen LogP contribution in [-0.4, -0.2) is 152 Å². The number of rotatable bonds is 6. The standard InChI is InChI=1S/C46H56N14O10S2/c1-21(2)35-45(69)49-17-31(55-41(65)29-15-47-25-11-7-9-13-27(25)53-29)39(63)51-24(6)38(62)58-34-20-72-71-19-33(43(67)59-35)57-37(61)23(5)52-40(64)32(18-50-46(70)36(22(3)4)60-44(34)68)56-42(66)30-16-48-26-12-8-10-14-28(26)54-30/h7-16,21-24,31-36H,17-20H2,1-6H3,(H,49,69)(H,50,70)(H,51,63)(H,52,64)(H,55,65)(H,56,66)(H,57,61)(H,58,62)(H,59,67)(H,60,68)/t23-,24-,31-,32-,33-,34-,35-,36-/m0/s1. The zero-order valence-corrected chi connectivity index (χ0v) is 41.7. The number of para-hydroxylation sites is 4. The zero-order chi connectivity index (χ0) is 52.2. The molecule has 0 saturated carbocycles. The fraction of sp³-hybridized carbons (Fsp3) is 0.435. The van der Waals surface area contributed by atoms with Gasteiger partial charge in [-0.2, -0.15) is 0 Å². The van der Waals surface area contributed by atoms with Crippen molar-refractivity contribution in [3.8, 4) is 0 Å². The lowest BCUT2D eigenvalue weighted by Crippen LogP contribution is -2.62. The summed E-state index contributed by atoms with van der Waals surface area (Å²) in [5.41, 5.74) is 1.48. The predicted molar refractivity (Wildman–Crippen MR) is 265 cm³/mol. The van der Waals surface area contributed by atoms with Gasteiger partial charge in [-0.25, -0.2) is 9.97 Å². The Morgan fingerprint density at radius 3 is 1.22 bits per heavy atom. The highest BCUT2D eigenvalue weighted by Gasteiger charge is 2.36. The Balaban J connectivity index is 1.31. The summed E-state index contributed by atoms with van der Waals surface area (Å²) < 4.78 is 0. The van der Waals surface area contributed by atoms with Crippen molar-refractivity contribution >= 4 is 103 Å². The molecule has 2 aliphatic heterocycles. The van der Waals surface area contributed by atoms with Crippen LogP contribution in [0, 0.1) is 11.8 Å². The predicted octanol–water partition coefficient (Wildman–Crippen LogP) is -1.63. The molecule has 24 nitrogen and oxygen atoms in total. The molecule has 2 aromatic heterocycles. The van der Waals surface area contributed by atoms with E-state index in [9.17, 15) is 47.9 Å². The number of hydrogen-bond donors (Lipinski definition) is 10. The maximum absolute atomic E-state index is 14.2. The fourth-order valence-electron chi connectivity index (χ4n) is 7.17. The van der Waals surface area contributed by atoms with Gasteiger partial charge in [0.15, 0.2) is 0 Å². The molecule has 2 saturated heterocycles. The van der Waals surface area contributed by atoms with E-state index in [0.717, 1.165) is 21.6 Å². The second-order valence-corrected chi connectivity index (χ2v) is 20.2. The van der Waals surface area contributed by atoms with Crippen LogP contribution in [0.1, 0.15) is 62.5 Å². The minimum atomic E-state index is -1.54. The molecule has 0 unspecified atom stereocenters. The van der Waals surface area contributed by atoms with E-state index in [1.54, 1.807) is 76.2 Å². The average molecular weight is 1030 g/mol. The van der Waals surface area contributed by atoms with Crippen molar-refractivity contribution in [2.45, 2.75) is 89.9 Å². The molecule has 2 bridgehead atoms. The van der Waals surface area contributed by atoms with Crippen molar-refractivity contribution in [1.82, 2.24) is 73.1 Å². The number of hydrogen-bond acceptors (Lipinski definition) is 16. The molecule has 6 rings (SSSR count). The van der Waals surface area contributed by atoms with Gasteiger partial charge in [0.1, 0.15) is 59.7 Å². The van der Waals surface area contributed by atoms with E-state index in [2.05, 4.69) is 73.1 Å². The largest absolute Gasteiger partial charge is 0.352 e. The number of aromatic nitrogens is 4. The summed E-state index contributed by atoms with van der Waals surface area (Å²) in [6.07, 6.45) is 2.42. The van der Waals surface area contributed by atoms with Gasteiger partial charge < -0.3 is 53.2 Å². The van der Waals surface area contributed by atoms with Crippen molar-refractivity contribution < 1.29 is 47.9 Å². The van der Waals surface area contributed by atoms with E-state index >= 15 is 0 Å². The number of carbonyl (C=O) groups excluding carboxylic acids is 10. The Bertz CT molecular complexity index is 2560. The quantitative estimate of drug-likeness (QED) is 0.0970. The normalized spacial score (nSPS) is 24.8. The molecular formula is C46H56N14O10S2. The molecule has 2 fully saturated rings. The lowest BCUT2D eigenvalue weighted by Gasteiger charge is -2.29. The lowest BCUT2D eigenvalue weighted by molar-refractivity contribution is -0.134. The number of nitrogens with zero attached hydrogens (tertiary/aromatic N) is 4. The molecule has 10 N–H and O–H groups in total. The van der Waals surface area contributed by atoms with Crippen molar-refractivity contribution in [3.05, 3.63) is 72.3 Å². The van der Waals surface area contributed by atoms with Crippen LogP contribution in [0.25, 0.3) is 22.1 Å². The van der Waals surface area contributed by atoms with Crippen molar-refractivity contribution in [2.75, 3.05) is 24.6 Å². The minimum Gasteiger partial charge on any atom is -0.352 e. The SMILES string of the molecule is CC(C)[C@@H]1NC(=O)[C@@H]2CSSC[C@H](NC(=O)[C@H](C)NC(=O)[C@@H](NC(=O)c3cnc4ccccc4n3)CNC1=O)C(=O)N[C@@H](C(C)C)C(=O)NC[C@H](NC(=O)c1cnc3ccccc3n1)C(=O)N[C@@H](C)C(=O)N2. The Hall–Kier alpha value is -7.48. The van der Waals surface area contributed by atoms with Gasteiger partial charge in [-0.3, -0.25) is 57.9 Å². The van der Waals surface area contributed by atoms with Gasteiger partial charge >= 0.3 is 0 Å². The molecule has 8 atom stereocenters. The summed E-state index contributed by atoms with van der Waals surface area (Å²) in [4.78, 5) is 156. The first-order valence-electron chi connectivity index (χ1n) is 23.0. The Morgan fingerprint density at radius 2 is 0.861 bits per heavy atom. The van der Waals surface area contributed by atoms with Crippen LogP contribution in [0.5, 0.6) is 0 Å². The first-order chi connectivity index (χ1) is 34.3. The van der Waals surface area contributed by atoms with E-state index in [-0.39, 0.29) is 22.9 Å². The Kier molecular flexibility index (Phi) is 18.4. The second kappa shape index (κ2) is 24.6. The monoisotopic (exact) mass is 1030 g/mol. The Labute approximate surface area is 420 Å². The zero-order valence-electron chi connectivity index (χ0n) is 40.1.